The molecule has 0 aliphatic rings. The standard InChI is InChI=1S/C12H16BrClO4S/c1-17-11-7-10(14)6-9(8-13)12(11)18-4-3-5-19(2,15)16/h6-7H,3-5,8H2,1-2H3. The second-order valence-corrected chi connectivity index (χ2v) is 7.32. The summed E-state index contributed by atoms with van der Waals surface area (Å²) in [5.41, 5.74) is 0.865. The second kappa shape index (κ2) is 7.36. The van der Waals surface area contributed by atoms with Crippen molar-refractivity contribution in [2.75, 3.05) is 25.7 Å². The van der Waals surface area contributed by atoms with E-state index in [-0.39, 0.29) is 5.75 Å². The minimum atomic E-state index is -2.96. The first-order valence-electron chi connectivity index (χ1n) is 5.60. The molecule has 0 heterocycles. The average Bonchev–Trinajstić information content (AvgIpc) is 2.33. The molecule has 0 saturated heterocycles. The third-order valence-corrected chi connectivity index (χ3v) is 4.22. The summed E-state index contributed by atoms with van der Waals surface area (Å²) < 4.78 is 32.9. The molecule has 0 spiro atoms. The number of hydrogen-bond donors (Lipinski definition) is 0. The Morgan fingerprint density at radius 3 is 2.58 bits per heavy atom. The lowest BCUT2D eigenvalue weighted by atomic mass is 10.2. The first-order valence-corrected chi connectivity index (χ1v) is 9.16. The number of sulfone groups is 1. The van der Waals surface area contributed by atoms with Gasteiger partial charge in [0.1, 0.15) is 9.84 Å². The van der Waals surface area contributed by atoms with Crippen LogP contribution in [0.3, 0.4) is 0 Å². The Labute approximate surface area is 127 Å². The molecule has 0 radical (unpaired) electrons. The third-order valence-electron chi connectivity index (χ3n) is 2.37. The van der Waals surface area contributed by atoms with Crippen LogP contribution in [0.1, 0.15) is 12.0 Å². The van der Waals surface area contributed by atoms with E-state index in [2.05, 4.69) is 15.9 Å². The highest BCUT2D eigenvalue weighted by Gasteiger charge is 2.12. The molecule has 0 unspecified atom stereocenters. The summed E-state index contributed by atoms with van der Waals surface area (Å²) in [7, 11) is -1.42. The lowest BCUT2D eigenvalue weighted by Gasteiger charge is -2.14. The van der Waals surface area contributed by atoms with Gasteiger partial charge in [-0.15, -0.1) is 0 Å². The largest absolute Gasteiger partial charge is 0.493 e. The van der Waals surface area contributed by atoms with Crippen LogP contribution in [0, 0.1) is 0 Å². The first-order chi connectivity index (χ1) is 8.87. The van der Waals surface area contributed by atoms with Gasteiger partial charge in [-0.3, -0.25) is 0 Å². The fourth-order valence-corrected chi connectivity index (χ4v) is 2.82. The fourth-order valence-electron chi connectivity index (χ4n) is 1.53. The predicted molar refractivity (Wildman–Crippen MR) is 80.5 cm³/mol. The van der Waals surface area contributed by atoms with Crippen LogP contribution in [0.15, 0.2) is 12.1 Å². The Balaban J connectivity index is 2.76. The van der Waals surface area contributed by atoms with Crippen LogP contribution in [0.25, 0.3) is 0 Å². The van der Waals surface area contributed by atoms with Crippen molar-refractivity contribution in [2.45, 2.75) is 11.8 Å². The highest BCUT2D eigenvalue weighted by molar-refractivity contribution is 9.08. The Morgan fingerprint density at radius 2 is 2.05 bits per heavy atom. The SMILES string of the molecule is COc1cc(Cl)cc(CBr)c1OCCCS(C)(=O)=O. The predicted octanol–water partition coefficient (Wildman–Crippen LogP) is 3.06. The normalized spacial score (nSPS) is 11.4. The van der Waals surface area contributed by atoms with Crippen molar-refractivity contribution < 1.29 is 17.9 Å². The van der Waals surface area contributed by atoms with Gasteiger partial charge in [0.2, 0.25) is 0 Å². The molecule has 7 heteroatoms. The maximum Gasteiger partial charge on any atom is 0.165 e. The van der Waals surface area contributed by atoms with Gasteiger partial charge < -0.3 is 9.47 Å². The van der Waals surface area contributed by atoms with Crippen LogP contribution in [-0.2, 0) is 15.2 Å². The molecule has 4 nitrogen and oxygen atoms in total. The molecular weight excluding hydrogens is 356 g/mol. The van der Waals surface area contributed by atoms with E-state index in [0.29, 0.717) is 34.9 Å². The van der Waals surface area contributed by atoms with Gasteiger partial charge in [-0.05, 0) is 12.5 Å². The van der Waals surface area contributed by atoms with Gasteiger partial charge in [0.15, 0.2) is 11.5 Å². The van der Waals surface area contributed by atoms with Crippen molar-refractivity contribution in [3.8, 4) is 11.5 Å². The average molecular weight is 372 g/mol. The van der Waals surface area contributed by atoms with Crippen molar-refractivity contribution >= 4 is 37.4 Å². The molecule has 0 aliphatic heterocycles. The summed E-state index contributed by atoms with van der Waals surface area (Å²) in [6.07, 6.45) is 1.64. The number of ether oxygens (including phenoxy) is 2. The maximum atomic E-state index is 11.0. The van der Waals surface area contributed by atoms with Crippen molar-refractivity contribution in [1.29, 1.82) is 0 Å². The number of alkyl halides is 1. The fraction of sp³-hybridized carbons (Fsp3) is 0.500. The van der Waals surface area contributed by atoms with Gasteiger partial charge in [0.25, 0.3) is 0 Å². The number of rotatable bonds is 7. The summed E-state index contributed by atoms with van der Waals surface area (Å²) in [5, 5.41) is 1.14. The zero-order valence-corrected chi connectivity index (χ0v) is 13.9. The molecule has 0 fully saturated rings. The maximum absolute atomic E-state index is 11.0. The first kappa shape index (κ1) is 16.6. The van der Waals surface area contributed by atoms with Gasteiger partial charge in [0.05, 0.1) is 19.5 Å². The van der Waals surface area contributed by atoms with Crippen molar-refractivity contribution in [1.82, 2.24) is 0 Å². The van der Waals surface area contributed by atoms with Gasteiger partial charge in [-0.1, -0.05) is 27.5 Å². The minimum Gasteiger partial charge on any atom is -0.493 e. The smallest absolute Gasteiger partial charge is 0.165 e. The van der Waals surface area contributed by atoms with Crippen LogP contribution < -0.4 is 9.47 Å². The van der Waals surface area contributed by atoms with Crippen LogP contribution in [-0.4, -0.2) is 34.1 Å². The van der Waals surface area contributed by atoms with Gasteiger partial charge in [-0.2, -0.15) is 0 Å². The molecule has 0 bridgehead atoms. The molecule has 1 aromatic rings. The number of hydrogen-bond acceptors (Lipinski definition) is 4. The summed E-state index contributed by atoms with van der Waals surface area (Å²) in [6, 6.07) is 3.45. The third kappa shape index (κ3) is 5.58. The van der Waals surface area contributed by atoms with Crippen LogP contribution in [0.2, 0.25) is 5.02 Å². The zero-order valence-electron chi connectivity index (χ0n) is 10.8. The Hall–Kier alpha value is -0.460. The van der Waals surface area contributed by atoms with E-state index in [0.717, 1.165) is 5.56 Å². The van der Waals surface area contributed by atoms with Crippen LogP contribution >= 0.6 is 27.5 Å². The molecule has 19 heavy (non-hydrogen) atoms. The minimum absolute atomic E-state index is 0.104. The molecule has 0 amide bonds. The molecular formula is C12H16BrClO4S. The van der Waals surface area contributed by atoms with Gasteiger partial charge in [0, 0.05) is 28.2 Å². The van der Waals surface area contributed by atoms with Gasteiger partial charge in [-0.25, -0.2) is 8.42 Å². The lowest BCUT2D eigenvalue weighted by Crippen LogP contribution is -2.09. The van der Waals surface area contributed by atoms with E-state index >= 15 is 0 Å². The summed E-state index contributed by atoms with van der Waals surface area (Å²) in [6.45, 7) is 0.311. The topological polar surface area (TPSA) is 52.6 Å². The Morgan fingerprint density at radius 1 is 1.37 bits per heavy atom. The van der Waals surface area contributed by atoms with E-state index in [1.54, 1.807) is 12.1 Å². The highest BCUT2D eigenvalue weighted by atomic mass is 79.9. The molecule has 1 rings (SSSR count). The van der Waals surface area contributed by atoms with E-state index < -0.39 is 9.84 Å². The molecule has 1 aromatic carbocycles. The van der Waals surface area contributed by atoms with Crippen molar-refractivity contribution in [3.05, 3.63) is 22.7 Å². The monoisotopic (exact) mass is 370 g/mol. The van der Waals surface area contributed by atoms with Crippen LogP contribution in [0.5, 0.6) is 11.5 Å². The molecule has 0 saturated carbocycles. The number of benzene rings is 1. The molecule has 0 aromatic heterocycles. The molecule has 108 valence electrons. The second-order valence-electron chi connectivity index (χ2n) is 4.06. The quantitative estimate of drug-likeness (QED) is 0.546. The number of methoxy groups -OCH3 is 1. The van der Waals surface area contributed by atoms with E-state index in [1.807, 2.05) is 0 Å². The number of halogens is 2. The van der Waals surface area contributed by atoms with Crippen molar-refractivity contribution in [2.24, 2.45) is 0 Å². The Bertz CT molecular complexity index is 506. The van der Waals surface area contributed by atoms with E-state index in [4.69, 9.17) is 21.1 Å². The summed E-state index contributed by atoms with van der Waals surface area (Å²) in [5.74, 6) is 1.24. The van der Waals surface area contributed by atoms with E-state index in [1.165, 1.54) is 13.4 Å². The zero-order chi connectivity index (χ0) is 14.5. The summed E-state index contributed by atoms with van der Waals surface area (Å²) >= 11 is 9.32. The van der Waals surface area contributed by atoms with Gasteiger partial charge >= 0.3 is 0 Å². The molecule has 0 aliphatic carbocycles. The highest BCUT2D eigenvalue weighted by Crippen LogP contribution is 2.35. The van der Waals surface area contributed by atoms with E-state index in [9.17, 15) is 8.42 Å². The summed E-state index contributed by atoms with van der Waals surface area (Å²) in [4.78, 5) is 0. The molecule has 0 N–H and O–H groups in total. The molecule has 0 atom stereocenters. The van der Waals surface area contributed by atoms with Crippen LogP contribution in [0.4, 0.5) is 0 Å². The lowest BCUT2D eigenvalue weighted by molar-refractivity contribution is 0.292. The van der Waals surface area contributed by atoms with Crippen molar-refractivity contribution in [3.63, 3.8) is 0 Å². The Kier molecular flexibility index (Phi) is 6.42.